The highest BCUT2D eigenvalue weighted by Crippen LogP contribution is 2.29. The lowest BCUT2D eigenvalue weighted by atomic mass is 9.98. The van der Waals surface area contributed by atoms with Crippen LogP contribution in [-0.4, -0.2) is 18.5 Å². The third-order valence-corrected chi connectivity index (χ3v) is 5.30. The van der Waals surface area contributed by atoms with Gasteiger partial charge in [-0.15, -0.1) is 0 Å². The van der Waals surface area contributed by atoms with Crippen LogP contribution in [0, 0.1) is 11.7 Å². The van der Waals surface area contributed by atoms with E-state index in [2.05, 4.69) is 6.58 Å². The summed E-state index contributed by atoms with van der Waals surface area (Å²) < 4.78 is 25.3. The van der Waals surface area contributed by atoms with Crippen molar-refractivity contribution in [3.63, 3.8) is 0 Å². The summed E-state index contributed by atoms with van der Waals surface area (Å²) in [5.41, 5.74) is 4.39. The van der Waals surface area contributed by atoms with Gasteiger partial charge in [-0.2, -0.15) is 0 Å². The van der Waals surface area contributed by atoms with Crippen LogP contribution in [-0.2, 0) is 20.7 Å². The van der Waals surface area contributed by atoms with Crippen molar-refractivity contribution in [2.45, 2.75) is 33.6 Å². The standard InChI is InChI=1S/C29H29FO4/c1-19(2)28(31)33-17-5-6-21-7-9-22(10-8-21)24-13-16-26(27(30)18-24)23-11-14-25(15-12-23)34-29(32)20(3)4/h7-16,18,20H,1,5-6,17H2,2-4H3. The third kappa shape index (κ3) is 6.64. The van der Waals surface area contributed by atoms with E-state index in [1.807, 2.05) is 30.3 Å². The molecule has 0 unspecified atom stereocenters. The fourth-order valence-electron chi connectivity index (χ4n) is 3.29. The van der Waals surface area contributed by atoms with Gasteiger partial charge in [0.1, 0.15) is 11.6 Å². The van der Waals surface area contributed by atoms with Gasteiger partial charge in [0.15, 0.2) is 0 Å². The molecular weight excluding hydrogens is 431 g/mol. The lowest BCUT2D eigenvalue weighted by molar-refractivity contribution is -0.139. The van der Waals surface area contributed by atoms with Gasteiger partial charge in [0.05, 0.1) is 12.5 Å². The minimum Gasteiger partial charge on any atom is -0.462 e. The van der Waals surface area contributed by atoms with Gasteiger partial charge in [-0.1, -0.05) is 69.0 Å². The first kappa shape index (κ1) is 24.9. The van der Waals surface area contributed by atoms with E-state index in [0.29, 0.717) is 29.1 Å². The summed E-state index contributed by atoms with van der Waals surface area (Å²) >= 11 is 0. The molecule has 3 rings (SSSR count). The van der Waals surface area contributed by atoms with E-state index >= 15 is 0 Å². The Balaban J connectivity index is 1.63. The average molecular weight is 461 g/mol. The van der Waals surface area contributed by atoms with E-state index in [1.54, 1.807) is 51.1 Å². The maximum absolute atomic E-state index is 14.9. The second-order valence-corrected chi connectivity index (χ2v) is 8.51. The normalized spacial score (nSPS) is 10.7. The molecule has 3 aromatic carbocycles. The van der Waals surface area contributed by atoms with Gasteiger partial charge >= 0.3 is 11.9 Å². The van der Waals surface area contributed by atoms with Gasteiger partial charge in [0, 0.05) is 11.1 Å². The molecule has 0 atom stereocenters. The number of ether oxygens (including phenoxy) is 2. The molecule has 0 radical (unpaired) electrons. The van der Waals surface area contributed by atoms with Crippen LogP contribution >= 0.6 is 0 Å². The first-order valence-corrected chi connectivity index (χ1v) is 11.3. The summed E-state index contributed by atoms with van der Waals surface area (Å²) in [6.45, 7) is 9.07. The molecule has 0 saturated heterocycles. The Morgan fingerprint density at radius 1 is 0.912 bits per heavy atom. The Morgan fingerprint density at radius 2 is 1.53 bits per heavy atom. The van der Waals surface area contributed by atoms with E-state index in [4.69, 9.17) is 9.47 Å². The number of aryl methyl sites for hydroxylation is 1. The number of rotatable bonds is 9. The van der Waals surface area contributed by atoms with Gasteiger partial charge in [0.25, 0.3) is 0 Å². The molecule has 0 aromatic heterocycles. The number of halogens is 1. The van der Waals surface area contributed by atoms with Crippen LogP contribution in [0.4, 0.5) is 4.39 Å². The highest BCUT2D eigenvalue weighted by atomic mass is 19.1. The lowest BCUT2D eigenvalue weighted by Crippen LogP contribution is -2.14. The molecule has 0 aliphatic heterocycles. The van der Waals surface area contributed by atoms with Crippen LogP contribution in [0.5, 0.6) is 5.75 Å². The molecule has 0 aliphatic rings. The van der Waals surface area contributed by atoms with Crippen LogP contribution in [0.1, 0.15) is 32.8 Å². The zero-order valence-electron chi connectivity index (χ0n) is 19.8. The van der Waals surface area contributed by atoms with Gasteiger partial charge in [-0.3, -0.25) is 4.79 Å². The average Bonchev–Trinajstić information content (AvgIpc) is 2.82. The van der Waals surface area contributed by atoms with Gasteiger partial charge in [-0.25, -0.2) is 9.18 Å². The highest BCUT2D eigenvalue weighted by Gasteiger charge is 2.11. The van der Waals surface area contributed by atoms with Gasteiger partial charge in [-0.05, 0) is 60.2 Å². The van der Waals surface area contributed by atoms with Crippen molar-refractivity contribution >= 4 is 11.9 Å². The van der Waals surface area contributed by atoms with Crippen molar-refractivity contribution in [2.75, 3.05) is 6.61 Å². The second kappa shape index (κ2) is 11.4. The predicted octanol–water partition coefficient (Wildman–Crippen LogP) is 6.77. The van der Waals surface area contributed by atoms with Crippen LogP contribution in [0.3, 0.4) is 0 Å². The molecule has 0 spiro atoms. The van der Waals surface area contributed by atoms with Gasteiger partial charge in [0.2, 0.25) is 0 Å². The molecule has 0 N–H and O–H groups in total. The number of esters is 2. The summed E-state index contributed by atoms with van der Waals surface area (Å²) in [4.78, 5) is 23.1. The molecule has 3 aromatic rings. The van der Waals surface area contributed by atoms with Crippen LogP contribution in [0.25, 0.3) is 22.3 Å². The molecule has 0 amide bonds. The number of hydrogen-bond donors (Lipinski definition) is 0. The first-order valence-electron chi connectivity index (χ1n) is 11.3. The number of carbonyl (C=O) groups is 2. The smallest absolute Gasteiger partial charge is 0.333 e. The molecule has 0 heterocycles. The molecule has 0 aliphatic carbocycles. The fourth-order valence-corrected chi connectivity index (χ4v) is 3.29. The van der Waals surface area contributed by atoms with E-state index in [9.17, 15) is 14.0 Å². The molecule has 0 fully saturated rings. The Bertz CT molecular complexity index is 1160. The molecule has 4 nitrogen and oxygen atoms in total. The van der Waals surface area contributed by atoms with E-state index in [0.717, 1.165) is 29.5 Å². The Labute approximate surface area is 200 Å². The van der Waals surface area contributed by atoms with Crippen molar-refractivity contribution < 1.29 is 23.5 Å². The van der Waals surface area contributed by atoms with Crippen molar-refractivity contribution in [1.29, 1.82) is 0 Å². The first-order chi connectivity index (χ1) is 16.2. The van der Waals surface area contributed by atoms with Crippen molar-refractivity contribution in [1.82, 2.24) is 0 Å². The topological polar surface area (TPSA) is 52.6 Å². The molecule has 0 bridgehead atoms. The molecule has 0 saturated carbocycles. The van der Waals surface area contributed by atoms with Crippen LogP contribution in [0.15, 0.2) is 78.9 Å². The van der Waals surface area contributed by atoms with Gasteiger partial charge < -0.3 is 9.47 Å². The summed E-state index contributed by atoms with van der Waals surface area (Å²) in [5.74, 6) is -0.779. The molecule has 5 heteroatoms. The van der Waals surface area contributed by atoms with Crippen LogP contribution < -0.4 is 4.74 Å². The second-order valence-electron chi connectivity index (χ2n) is 8.51. The summed E-state index contributed by atoms with van der Waals surface area (Å²) in [7, 11) is 0. The summed E-state index contributed by atoms with van der Waals surface area (Å²) in [6.07, 6.45) is 1.50. The third-order valence-electron chi connectivity index (χ3n) is 5.30. The van der Waals surface area contributed by atoms with E-state index in [-0.39, 0.29) is 23.7 Å². The minimum absolute atomic E-state index is 0.218. The van der Waals surface area contributed by atoms with Crippen molar-refractivity contribution in [2.24, 2.45) is 5.92 Å². The quantitative estimate of drug-likeness (QED) is 0.153. The largest absolute Gasteiger partial charge is 0.462 e. The zero-order valence-corrected chi connectivity index (χ0v) is 19.8. The maximum atomic E-state index is 14.9. The minimum atomic E-state index is -0.369. The maximum Gasteiger partial charge on any atom is 0.333 e. The SMILES string of the molecule is C=C(C)C(=O)OCCCc1ccc(-c2ccc(-c3ccc(OC(=O)C(C)C)cc3)c(F)c2)cc1. The Morgan fingerprint density at radius 3 is 2.12 bits per heavy atom. The fraction of sp³-hybridized carbons (Fsp3) is 0.241. The highest BCUT2D eigenvalue weighted by molar-refractivity contribution is 5.86. The Hall–Kier alpha value is -3.73. The summed E-state index contributed by atoms with van der Waals surface area (Å²) in [6, 6.07) is 19.9. The number of carbonyl (C=O) groups excluding carboxylic acids is 2. The molecule has 34 heavy (non-hydrogen) atoms. The Kier molecular flexibility index (Phi) is 8.36. The molecule has 176 valence electrons. The zero-order chi connectivity index (χ0) is 24.7. The van der Waals surface area contributed by atoms with Crippen LogP contribution in [0.2, 0.25) is 0 Å². The molecular formula is C29H29FO4. The number of benzene rings is 3. The van der Waals surface area contributed by atoms with E-state index < -0.39 is 0 Å². The lowest BCUT2D eigenvalue weighted by Gasteiger charge is -2.10. The van der Waals surface area contributed by atoms with E-state index in [1.165, 1.54) is 6.07 Å². The van der Waals surface area contributed by atoms with Crippen molar-refractivity contribution in [3.05, 3.63) is 90.3 Å². The summed E-state index contributed by atoms with van der Waals surface area (Å²) in [5, 5.41) is 0. The predicted molar refractivity (Wildman–Crippen MR) is 132 cm³/mol. The number of hydrogen-bond acceptors (Lipinski definition) is 4. The van der Waals surface area contributed by atoms with Crippen molar-refractivity contribution in [3.8, 4) is 28.0 Å². The monoisotopic (exact) mass is 460 g/mol.